The number of para-hydroxylation sites is 2. The highest BCUT2D eigenvalue weighted by atomic mass is 32.1. The van der Waals surface area contributed by atoms with Crippen LogP contribution in [0.1, 0.15) is 0 Å². The van der Waals surface area contributed by atoms with E-state index in [1.165, 1.54) is 97.6 Å². The van der Waals surface area contributed by atoms with Crippen molar-refractivity contribution in [1.29, 1.82) is 0 Å². The molecule has 0 radical (unpaired) electrons. The number of hydrogen-bond donors (Lipinski definition) is 0. The fraction of sp³-hybridized carbons (Fsp3) is 0. The number of fused-ring (bicyclic) bond motifs is 14. The maximum absolute atomic E-state index is 2.47. The molecule has 0 amide bonds. The second-order valence-corrected chi connectivity index (χ2v) is 14.3. The van der Waals surface area contributed by atoms with Crippen molar-refractivity contribution >= 4 is 53.3 Å². The van der Waals surface area contributed by atoms with E-state index in [1.54, 1.807) is 0 Å². The molecule has 0 saturated carbocycles. The molecule has 0 bridgehead atoms. The Morgan fingerprint density at radius 3 is 1.42 bits per heavy atom. The van der Waals surface area contributed by atoms with Gasteiger partial charge in [0.2, 0.25) is 0 Å². The van der Waals surface area contributed by atoms with Crippen LogP contribution < -0.4 is 0 Å². The quantitative estimate of drug-likeness (QED) is 0.175. The fourth-order valence-corrected chi connectivity index (χ4v) is 9.51. The minimum atomic E-state index is 1.16. The van der Waals surface area contributed by atoms with Gasteiger partial charge in [-0.25, -0.2) is 0 Å². The van der Waals surface area contributed by atoms with Crippen LogP contribution in [0.3, 0.4) is 0 Å². The summed E-state index contributed by atoms with van der Waals surface area (Å²) in [6.45, 7) is 0. The lowest BCUT2D eigenvalue weighted by atomic mass is 9.78. The highest BCUT2D eigenvalue weighted by Gasteiger charge is 2.26. The van der Waals surface area contributed by atoms with Gasteiger partial charge in [0.1, 0.15) is 0 Å². The second-order valence-electron chi connectivity index (χ2n) is 13.2. The molecule has 0 saturated heterocycles. The Labute approximate surface area is 293 Å². The molecule has 11 rings (SSSR count). The molecule has 2 aromatic heterocycles. The summed E-state index contributed by atoms with van der Waals surface area (Å²) in [6, 6.07) is 65.3. The lowest BCUT2D eigenvalue weighted by molar-refractivity contribution is 1.18. The largest absolute Gasteiger partial charge is 0.309 e. The van der Waals surface area contributed by atoms with Crippen molar-refractivity contribution in [3.8, 4) is 61.3 Å². The van der Waals surface area contributed by atoms with Gasteiger partial charge in [-0.2, -0.15) is 0 Å². The van der Waals surface area contributed by atoms with Crippen LogP contribution in [0.2, 0.25) is 0 Å². The molecule has 0 N–H and O–H groups in total. The summed E-state index contributed by atoms with van der Waals surface area (Å²) in [7, 11) is 0. The number of rotatable bonds is 2. The van der Waals surface area contributed by atoms with E-state index in [1.807, 2.05) is 11.3 Å². The maximum Gasteiger partial charge on any atom is 0.0541 e. The fourth-order valence-electron chi connectivity index (χ4n) is 8.42. The van der Waals surface area contributed by atoms with E-state index < -0.39 is 0 Å². The first-order chi connectivity index (χ1) is 24.8. The Balaban J connectivity index is 1.33. The minimum Gasteiger partial charge on any atom is -0.309 e. The van der Waals surface area contributed by atoms with E-state index in [4.69, 9.17) is 0 Å². The van der Waals surface area contributed by atoms with Crippen molar-refractivity contribution in [2.24, 2.45) is 0 Å². The van der Waals surface area contributed by atoms with Gasteiger partial charge in [0.15, 0.2) is 0 Å². The molecule has 1 nitrogen and oxygen atoms in total. The molecule has 232 valence electrons. The average Bonchev–Trinajstić information content (AvgIpc) is 3.72. The zero-order chi connectivity index (χ0) is 32.8. The molecule has 0 unspecified atom stereocenters. The van der Waals surface area contributed by atoms with Crippen LogP contribution in [-0.2, 0) is 0 Å². The summed E-state index contributed by atoms with van der Waals surface area (Å²) < 4.78 is 5.11. The summed E-state index contributed by atoms with van der Waals surface area (Å²) in [4.78, 5) is 0. The van der Waals surface area contributed by atoms with Crippen molar-refractivity contribution < 1.29 is 0 Å². The molecule has 1 aliphatic carbocycles. The molecule has 1 aliphatic rings. The summed E-state index contributed by atoms with van der Waals surface area (Å²) in [5.41, 5.74) is 16.1. The number of nitrogens with zero attached hydrogens (tertiary/aromatic N) is 1. The summed E-state index contributed by atoms with van der Waals surface area (Å²) in [5.74, 6) is 0. The second kappa shape index (κ2) is 10.6. The third kappa shape index (κ3) is 3.94. The molecule has 0 atom stereocenters. The Morgan fingerprint density at radius 2 is 0.780 bits per heavy atom. The highest BCUT2D eigenvalue weighted by molar-refractivity contribution is 7.25. The normalized spacial score (nSPS) is 12.0. The molecular formula is C48H29NS. The third-order valence-corrected chi connectivity index (χ3v) is 11.7. The first-order valence-electron chi connectivity index (χ1n) is 17.2. The minimum absolute atomic E-state index is 1.16. The standard InChI is InChI=1S/C48H29NS/c1-2-14-33-32(13-1)34-15-3-4-17-36(34)43-29-31(49-44-22-10-7-18-37(44)38-19-8-11-23-45(38)49)28-41(48(43)40-21-6-5-16-35(33)40)30-25-26-47-42(27-30)39-20-9-12-24-46(39)50-47/h1-29H. The predicted octanol–water partition coefficient (Wildman–Crippen LogP) is 13.8. The summed E-state index contributed by atoms with van der Waals surface area (Å²) in [5, 5.41) is 5.16. The van der Waals surface area contributed by atoms with E-state index >= 15 is 0 Å². The van der Waals surface area contributed by atoms with Gasteiger partial charge >= 0.3 is 0 Å². The Morgan fingerprint density at radius 1 is 0.320 bits per heavy atom. The van der Waals surface area contributed by atoms with Crippen LogP contribution >= 0.6 is 11.3 Å². The topological polar surface area (TPSA) is 4.93 Å². The molecule has 2 heteroatoms. The lowest BCUT2D eigenvalue weighted by Crippen LogP contribution is -2.02. The third-order valence-electron chi connectivity index (χ3n) is 10.6. The van der Waals surface area contributed by atoms with Crippen molar-refractivity contribution in [2.45, 2.75) is 0 Å². The SMILES string of the molecule is c1ccc2c(c1)-c1ccccc1-c1cc(-n3c4ccccc4c4ccccc43)cc(-c3ccc4sc5ccccc5c4c3)c1-c1ccccc1-2. The molecule has 0 spiro atoms. The van der Waals surface area contributed by atoms with Gasteiger partial charge in [-0.3, -0.25) is 0 Å². The van der Waals surface area contributed by atoms with E-state index in [0.717, 1.165) is 5.69 Å². The van der Waals surface area contributed by atoms with E-state index in [9.17, 15) is 0 Å². The van der Waals surface area contributed by atoms with E-state index in [0.29, 0.717) is 0 Å². The number of aromatic nitrogens is 1. The molecule has 50 heavy (non-hydrogen) atoms. The van der Waals surface area contributed by atoms with Crippen LogP contribution in [0.25, 0.3) is 103 Å². The van der Waals surface area contributed by atoms with Crippen LogP contribution in [0.5, 0.6) is 0 Å². The lowest BCUT2D eigenvalue weighted by Gasteiger charge is -2.26. The van der Waals surface area contributed by atoms with Gasteiger partial charge in [-0.1, -0.05) is 133 Å². The molecule has 0 aliphatic heterocycles. The van der Waals surface area contributed by atoms with Gasteiger partial charge in [0, 0.05) is 36.6 Å². The van der Waals surface area contributed by atoms with Crippen molar-refractivity contribution in [2.75, 3.05) is 0 Å². The first-order valence-corrected chi connectivity index (χ1v) is 18.0. The van der Waals surface area contributed by atoms with Crippen molar-refractivity contribution in [3.63, 3.8) is 0 Å². The maximum atomic E-state index is 2.47. The summed E-state index contributed by atoms with van der Waals surface area (Å²) in [6.07, 6.45) is 0. The Kier molecular flexibility index (Phi) is 5.89. The molecule has 0 fully saturated rings. The van der Waals surface area contributed by atoms with Crippen LogP contribution in [0.4, 0.5) is 0 Å². The smallest absolute Gasteiger partial charge is 0.0541 e. The molecular weight excluding hydrogens is 623 g/mol. The van der Waals surface area contributed by atoms with E-state index in [-0.39, 0.29) is 0 Å². The van der Waals surface area contributed by atoms with Gasteiger partial charge in [0.25, 0.3) is 0 Å². The predicted molar refractivity (Wildman–Crippen MR) is 214 cm³/mol. The van der Waals surface area contributed by atoms with Crippen molar-refractivity contribution in [3.05, 3.63) is 176 Å². The van der Waals surface area contributed by atoms with Crippen LogP contribution in [0.15, 0.2) is 176 Å². The van der Waals surface area contributed by atoms with Gasteiger partial charge < -0.3 is 4.57 Å². The molecule has 10 aromatic rings. The molecule has 2 heterocycles. The number of hydrogen-bond acceptors (Lipinski definition) is 1. The van der Waals surface area contributed by atoms with Gasteiger partial charge in [0.05, 0.1) is 11.0 Å². The number of benzene rings is 8. The van der Waals surface area contributed by atoms with E-state index in [2.05, 4.69) is 180 Å². The summed E-state index contributed by atoms with van der Waals surface area (Å²) >= 11 is 1.87. The Hall–Kier alpha value is -6.22. The van der Waals surface area contributed by atoms with Crippen LogP contribution in [0, 0.1) is 0 Å². The monoisotopic (exact) mass is 651 g/mol. The van der Waals surface area contributed by atoms with Gasteiger partial charge in [-0.15, -0.1) is 11.3 Å². The first kappa shape index (κ1) is 27.7. The number of thiophene rings is 1. The Bertz CT molecular complexity index is 2940. The van der Waals surface area contributed by atoms with Gasteiger partial charge in [-0.05, 0) is 98.1 Å². The van der Waals surface area contributed by atoms with Crippen molar-refractivity contribution in [1.82, 2.24) is 4.57 Å². The average molecular weight is 652 g/mol. The highest BCUT2D eigenvalue weighted by Crippen LogP contribution is 2.52. The van der Waals surface area contributed by atoms with Crippen LogP contribution in [-0.4, -0.2) is 4.57 Å². The zero-order valence-electron chi connectivity index (χ0n) is 27.1. The molecule has 8 aromatic carbocycles. The zero-order valence-corrected chi connectivity index (χ0v) is 27.9.